The van der Waals surface area contributed by atoms with Crippen LogP contribution in [-0.4, -0.2) is 51.6 Å². The highest BCUT2D eigenvalue weighted by Crippen LogP contribution is 2.43. The van der Waals surface area contributed by atoms with E-state index in [4.69, 9.17) is 18.6 Å². The van der Waals surface area contributed by atoms with Crippen LogP contribution in [0.15, 0.2) is 50.7 Å². The number of carbonyl (C=O) groups is 1. The first-order chi connectivity index (χ1) is 20.2. The molecule has 0 unspecified atom stereocenters. The van der Waals surface area contributed by atoms with Gasteiger partial charge in [0.15, 0.2) is 0 Å². The van der Waals surface area contributed by atoms with Crippen molar-refractivity contribution in [1.29, 1.82) is 0 Å². The number of para-hydroxylation sites is 1. The van der Waals surface area contributed by atoms with Crippen LogP contribution < -0.4 is 16.0 Å². The quantitative estimate of drug-likeness (QED) is 0.300. The molecule has 42 heavy (non-hydrogen) atoms. The van der Waals surface area contributed by atoms with E-state index in [1.807, 2.05) is 31.2 Å². The largest absolute Gasteiger partial charge is 0.496 e. The van der Waals surface area contributed by atoms with Crippen molar-refractivity contribution in [3.05, 3.63) is 68.7 Å². The number of carboxylic acid groups (broad SMARTS) is 1. The summed E-state index contributed by atoms with van der Waals surface area (Å²) in [6, 6.07) is 7.55. The number of aromatic nitrogens is 3. The van der Waals surface area contributed by atoms with Gasteiger partial charge in [0.2, 0.25) is 5.89 Å². The van der Waals surface area contributed by atoms with E-state index in [-0.39, 0.29) is 25.5 Å². The molecule has 0 radical (unpaired) electrons. The van der Waals surface area contributed by atoms with Gasteiger partial charge in [-0.2, -0.15) is 0 Å². The van der Waals surface area contributed by atoms with E-state index in [0.717, 1.165) is 18.4 Å². The van der Waals surface area contributed by atoms with Gasteiger partial charge in [-0.3, -0.25) is 18.7 Å². The van der Waals surface area contributed by atoms with Crippen molar-refractivity contribution >= 4 is 27.5 Å². The molecule has 12 heteroatoms. The van der Waals surface area contributed by atoms with Crippen molar-refractivity contribution < 1.29 is 28.5 Å². The van der Waals surface area contributed by atoms with Crippen molar-refractivity contribution in [2.45, 2.75) is 63.8 Å². The number of thiophene rings is 1. The Bertz CT molecular complexity index is 1730. The fourth-order valence-corrected chi connectivity index (χ4v) is 7.48. The van der Waals surface area contributed by atoms with Crippen molar-refractivity contribution in [3.63, 3.8) is 0 Å². The standard InChI is InChI=1S/C30H33N3O8S/c1-17-23-26(34)33(30(2)14-18(15-30)28(35)36)29(37)32(27(23)42-24(17)25-31-10-13-40-25)16-22(41-19-8-11-39-12-9-19)20-6-4-5-7-21(20)38-3/h4-7,10,13,18-19,22H,8-9,11-12,14-16H2,1-3H3,(H,35,36)/t18?,22-,30?/m0/s1. The molecule has 4 aromatic rings. The van der Waals surface area contributed by atoms with Crippen LogP contribution in [0.4, 0.5) is 0 Å². The monoisotopic (exact) mass is 595 g/mol. The second kappa shape index (κ2) is 11.2. The van der Waals surface area contributed by atoms with E-state index in [0.29, 0.717) is 45.5 Å². The summed E-state index contributed by atoms with van der Waals surface area (Å²) in [5.74, 6) is -0.555. The molecule has 1 aliphatic heterocycles. The van der Waals surface area contributed by atoms with Gasteiger partial charge in [0.05, 0.1) is 47.7 Å². The summed E-state index contributed by atoms with van der Waals surface area (Å²) >= 11 is 1.27. The Labute approximate surface area is 245 Å². The van der Waals surface area contributed by atoms with E-state index < -0.39 is 34.8 Å². The van der Waals surface area contributed by atoms with Crippen LogP contribution in [0.25, 0.3) is 21.0 Å². The van der Waals surface area contributed by atoms with E-state index in [9.17, 15) is 19.5 Å². The summed E-state index contributed by atoms with van der Waals surface area (Å²) < 4.78 is 26.3. The highest BCUT2D eigenvalue weighted by molar-refractivity contribution is 7.22. The summed E-state index contributed by atoms with van der Waals surface area (Å²) in [4.78, 5) is 45.6. The minimum Gasteiger partial charge on any atom is -0.496 e. The van der Waals surface area contributed by atoms with Crippen molar-refractivity contribution in [2.24, 2.45) is 5.92 Å². The maximum absolute atomic E-state index is 14.4. The lowest BCUT2D eigenvalue weighted by Crippen LogP contribution is -2.57. The number of nitrogens with zero attached hydrogens (tertiary/aromatic N) is 3. The van der Waals surface area contributed by atoms with Gasteiger partial charge in [-0.1, -0.05) is 18.2 Å². The Morgan fingerprint density at radius 1 is 1.24 bits per heavy atom. The summed E-state index contributed by atoms with van der Waals surface area (Å²) in [5, 5.41) is 9.94. The molecule has 1 saturated heterocycles. The molecule has 1 atom stereocenters. The van der Waals surface area contributed by atoms with Crippen LogP contribution in [0.2, 0.25) is 0 Å². The minimum atomic E-state index is -0.938. The maximum atomic E-state index is 14.4. The lowest BCUT2D eigenvalue weighted by molar-refractivity contribution is -0.149. The molecule has 1 saturated carbocycles. The zero-order valence-corrected chi connectivity index (χ0v) is 24.5. The summed E-state index contributed by atoms with van der Waals surface area (Å²) in [6.45, 7) is 4.88. The van der Waals surface area contributed by atoms with E-state index >= 15 is 0 Å². The number of rotatable bonds is 9. The molecule has 11 nitrogen and oxygen atoms in total. The van der Waals surface area contributed by atoms with Crippen LogP contribution in [0.5, 0.6) is 5.75 Å². The maximum Gasteiger partial charge on any atom is 0.332 e. The number of fused-ring (bicyclic) bond motifs is 1. The topological polar surface area (TPSA) is 135 Å². The molecular weight excluding hydrogens is 562 g/mol. The Kier molecular flexibility index (Phi) is 7.54. The number of hydrogen-bond donors (Lipinski definition) is 1. The first-order valence-corrected chi connectivity index (χ1v) is 14.8. The molecule has 0 amide bonds. The summed E-state index contributed by atoms with van der Waals surface area (Å²) in [7, 11) is 1.59. The zero-order valence-electron chi connectivity index (χ0n) is 23.7. The molecule has 3 aromatic heterocycles. The van der Waals surface area contributed by atoms with Crippen LogP contribution in [0.3, 0.4) is 0 Å². The Morgan fingerprint density at radius 3 is 2.64 bits per heavy atom. The van der Waals surface area contributed by atoms with Gasteiger partial charge in [-0.25, -0.2) is 9.78 Å². The molecule has 0 bridgehead atoms. The van der Waals surface area contributed by atoms with Gasteiger partial charge in [0.1, 0.15) is 22.9 Å². The molecule has 2 fully saturated rings. The van der Waals surface area contributed by atoms with E-state index in [1.165, 1.54) is 28.4 Å². The number of aliphatic carboxylic acids is 1. The van der Waals surface area contributed by atoms with Gasteiger partial charge in [0, 0.05) is 18.8 Å². The van der Waals surface area contributed by atoms with Crippen LogP contribution in [-0.2, 0) is 26.4 Å². The third-order valence-corrected chi connectivity index (χ3v) is 9.76. The molecule has 0 spiro atoms. The first kappa shape index (κ1) is 28.4. The highest BCUT2D eigenvalue weighted by atomic mass is 32.1. The number of oxazole rings is 1. The molecule has 1 N–H and O–H groups in total. The van der Waals surface area contributed by atoms with Gasteiger partial charge in [-0.15, -0.1) is 11.3 Å². The smallest absolute Gasteiger partial charge is 0.332 e. The number of carboxylic acids is 1. The van der Waals surface area contributed by atoms with Crippen molar-refractivity contribution in [1.82, 2.24) is 14.1 Å². The molecule has 6 rings (SSSR count). The SMILES string of the molecule is COc1ccccc1[C@H](Cn1c(=O)n(C2(C)CC(C(=O)O)C2)c(=O)c2c(C)c(-c3ncco3)sc21)OC1CCOCC1. The summed E-state index contributed by atoms with van der Waals surface area (Å²) in [5.41, 5.74) is -0.447. The van der Waals surface area contributed by atoms with Crippen LogP contribution in [0.1, 0.15) is 49.8 Å². The zero-order chi connectivity index (χ0) is 29.6. The van der Waals surface area contributed by atoms with Crippen molar-refractivity contribution in [2.75, 3.05) is 20.3 Å². The average Bonchev–Trinajstić information content (AvgIpc) is 3.62. The van der Waals surface area contributed by atoms with Gasteiger partial charge >= 0.3 is 11.7 Å². The molecule has 222 valence electrons. The average molecular weight is 596 g/mol. The fourth-order valence-electron chi connectivity index (χ4n) is 6.24. The van der Waals surface area contributed by atoms with Gasteiger partial charge in [-0.05, 0) is 51.2 Å². The van der Waals surface area contributed by atoms with E-state index in [1.54, 1.807) is 18.6 Å². The second-order valence-corrected chi connectivity index (χ2v) is 12.2. The third-order valence-electron chi connectivity index (χ3n) is 8.46. The third kappa shape index (κ3) is 4.87. The minimum absolute atomic E-state index is 0.0841. The molecule has 4 heterocycles. The Hall–Kier alpha value is -3.74. The molecule has 2 aliphatic rings. The van der Waals surface area contributed by atoms with Gasteiger partial charge in [0.25, 0.3) is 5.56 Å². The molecule has 1 aromatic carbocycles. The predicted octanol–water partition coefficient (Wildman–Crippen LogP) is 4.34. The normalized spacial score (nSPS) is 21.7. The number of ether oxygens (including phenoxy) is 3. The Balaban J connectivity index is 1.54. The number of methoxy groups -OCH3 is 1. The van der Waals surface area contributed by atoms with Gasteiger partial charge < -0.3 is 23.7 Å². The number of benzene rings is 1. The first-order valence-electron chi connectivity index (χ1n) is 14.0. The fraction of sp³-hybridized carbons (Fsp3) is 0.467. The number of hydrogen-bond acceptors (Lipinski definition) is 9. The molecular formula is C30H33N3O8S. The van der Waals surface area contributed by atoms with E-state index in [2.05, 4.69) is 4.98 Å². The lowest BCUT2D eigenvalue weighted by Gasteiger charge is -2.44. The lowest BCUT2D eigenvalue weighted by atomic mass is 9.69. The molecule has 1 aliphatic carbocycles. The summed E-state index contributed by atoms with van der Waals surface area (Å²) in [6.07, 6.45) is 4.15. The highest BCUT2D eigenvalue weighted by Gasteiger charge is 2.48. The predicted molar refractivity (Wildman–Crippen MR) is 155 cm³/mol. The number of aryl methyl sites for hydroxylation is 1. The van der Waals surface area contributed by atoms with Crippen molar-refractivity contribution in [3.8, 4) is 16.5 Å². The second-order valence-electron chi connectivity index (χ2n) is 11.2. The van der Waals surface area contributed by atoms with Crippen LogP contribution >= 0.6 is 11.3 Å². The Morgan fingerprint density at radius 2 is 1.98 bits per heavy atom. The van der Waals surface area contributed by atoms with Crippen LogP contribution in [0, 0.1) is 12.8 Å².